The molecule has 94 heavy (non-hydrogen) atoms. The maximum atomic E-state index is 14.3. The minimum atomic E-state index is -1.51. The summed E-state index contributed by atoms with van der Waals surface area (Å²) in [5, 5.41) is 38.4. The number of nitrogens with two attached hydrogens (primary N) is 5. The van der Waals surface area contributed by atoms with Crippen molar-refractivity contribution < 1.29 is 86.5 Å². The molecule has 518 valence electrons. The molecular weight excluding hydrogens is 1250 g/mol. The largest absolute Gasteiger partial charge is 0.494 e. The van der Waals surface area contributed by atoms with Crippen molar-refractivity contribution >= 4 is 71.0 Å². The summed E-state index contributed by atoms with van der Waals surface area (Å²) in [7, 11) is 5.86. The Labute approximate surface area is 549 Å². The first kappa shape index (κ1) is 74.1. The smallest absolute Gasteiger partial charge is 0.310 e. The van der Waals surface area contributed by atoms with E-state index in [0.717, 1.165) is 16.3 Å². The third-order valence-corrected chi connectivity index (χ3v) is 18.2. The highest BCUT2D eigenvalue weighted by atomic mass is 32.2. The van der Waals surface area contributed by atoms with E-state index in [9.17, 15) is 53.4 Å². The number of carbonyl (C=O) groups is 9. The van der Waals surface area contributed by atoms with Crippen molar-refractivity contribution in [2.24, 2.45) is 57.3 Å². The topological polar surface area (TPSA) is 478 Å². The standard InChI is InChI=1S/C62H91N13O18S/c1-9-30(3)50(58(83)68-5)73-56(81)37(14-11-12-19-63)72-59(84)51(31(4)10-2)74-57(82)39(16-17-45(65)76)71-55(80)38(15-13-20-69-62(66)67)70-54(79)36(64)28-94-44-26-46(77)75(60(44)85)21-18-47(78)93-52-34-25-41-40(91-29-92-41)24-33(34)48(49-35(52)27-90-61(49)86)32-22-42(87-6)53(89-8)43(23-32)88-7/h22-26,30-31,35-39,48-52,77,85H,9-21,27-29,63-64H2,1-8H3,(H2,65,76)(H,68,83)(H,70,79)(H,71,80)(H,72,84)(H,73,81)(H,74,82)(H4,66,67,69)/t30?,31?,35-,36-,37-,38-,39-,48+,49-,50-,51-,52-/m0/s1. The zero-order valence-electron chi connectivity index (χ0n) is 54.2. The molecule has 3 heterocycles. The Morgan fingerprint density at radius 1 is 0.713 bits per heavy atom. The molecule has 2 unspecified atom stereocenters. The van der Waals surface area contributed by atoms with Gasteiger partial charge >= 0.3 is 11.9 Å². The van der Waals surface area contributed by atoms with Gasteiger partial charge in [-0.05, 0) is 92.3 Å². The number of fused-ring (bicyclic) bond motifs is 3. The molecule has 7 amide bonds. The Balaban J connectivity index is 1.13. The fourth-order valence-corrected chi connectivity index (χ4v) is 12.3. The molecule has 1 saturated heterocycles. The summed E-state index contributed by atoms with van der Waals surface area (Å²) in [5.41, 5.74) is 30.5. The minimum absolute atomic E-state index is 0.0186. The van der Waals surface area contributed by atoms with E-state index in [4.69, 9.17) is 61.8 Å². The second-order valence-corrected chi connectivity index (χ2v) is 24.4. The molecule has 0 bridgehead atoms. The lowest BCUT2D eigenvalue weighted by Crippen LogP contribution is -2.61. The number of esters is 2. The number of cyclic esters (lactones) is 1. The number of nitrogens with zero attached hydrogens (tertiary/aromatic N) is 2. The number of hydrogen-bond donors (Lipinski definition) is 13. The average Bonchev–Trinajstić information content (AvgIpc) is 1.39. The van der Waals surface area contributed by atoms with E-state index in [-0.39, 0.29) is 81.1 Å². The number of benzene rings is 2. The van der Waals surface area contributed by atoms with Crippen molar-refractivity contribution in [3.05, 3.63) is 47.0 Å². The molecule has 2 aromatic carbocycles. The van der Waals surface area contributed by atoms with Crippen LogP contribution in [0.3, 0.4) is 0 Å². The van der Waals surface area contributed by atoms with Crippen LogP contribution in [0.4, 0.5) is 0 Å². The van der Waals surface area contributed by atoms with Crippen molar-refractivity contribution in [1.82, 2.24) is 36.5 Å². The summed E-state index contributed by atoms with van der Waals surface area (Å²) in [5.74, 6) is -9.13. The number of primary amides is 1. The number of thioether (sulfide) groups is 1. The summed E-state index contributed by atoms with van der Waals surface area (Å²) < 4.78 is 41.3. The number of carbonyl (C=O) groups excluding carboxylic acids is 9. The molecule has 18 N–H and O–H groups in total. The first-order valence-electron chi connectivity index (χ1n) is 31.2. The van der Waals surface area contributed by atoms with Gasteiger partial charge in [-0.3, -0.25) is 52.7 Å². The number of aliphatic imine (C=N–C) groups is 1. The number of guanidine groups is 1. The van der Waals surface area contributed by atoms with E-state index >= 15 is 0 Å². The molecule has 31 nitrogen and oxygen atoms in total. The Morgan fingerprint density at radius 3 is 1.84 bits per heavy atom. The van der Waals surface area contributed by atoms with Crippen LogP contribution in [-0.4, -0.2) is 171 Å². The number of hydrogen-bond acceptors (Lipinski definition) is 22. The summed E-state index contributed by atoms with van der Waals surface area (Å²) in [6.07, 6.45) is -0.115. The van der Waals surface area contributed by atoms with Crippen LogP contribution in [0.5, 0.6) is 40.5 Å². The van der Waals surface area contributed by atoms with Crippen LogP contribution in [0.25, 0.3) is 0 Å². The lowest BCUT2D eigenvalue weighted by atomic mass is 9.66. The van der Waals surface area contributed by atoms with Crippen LogP contribution in [-0.2, 0) is 59.2 Å². The van der Waals surface area contributed by atoms with Crippen molar-refractivity contribution in [3.8, 4) is 40.5 Å². The van der Waals surface area contributed by atoms with Gasteiger partial charge in [-0.15, -0.1) is 11.8 Å². The number of likely N-dealkylation sites (N-methyl/N-ethyl adjacent to an activating group) is 1. The molecule has 2 aliphatic heterocycles. The van der Waals surface area contributed by atoms with E-state index < -0.39 is 137 Å². The zero-order valence-corrected chi connectivity index (χ0v) is 55.1. The number of rotatable bonds is 37. The van der Waals surface area contributed by atoms with E-state index in [1.54, 1.807) is 45.0 Å². The lowest BCUT2D eigenvalue weighted by Gasteiger charge is -2.38. The zero-order chi connectivity index (χ0) is 69.1. The van der Waals surface area contributed by atoms with E-state index in [2.05, 4.69) is 36.9 Å². The van der Waals surface area contributed by atoms with Crippen molar-refractivity contribution in [2.45, 2.75) is 152 Å². The summed E-state index contributed by atoms with van der Waals surface area (Å²) >= 11 is 0.868. The summed E-state index contributed by atoms with van der Waals surface area (Å²) in [6, 6.07) is 0.486. The first-order chi connectivity index (χ1) is 44.8. The lowest BCUT2D eigenvalue weighted by molar-refractivity contribution is -0.155. The fraction of sp³-hybridized carbons (Fsp3) is 0.581. The van der Waals surface area contributed by atoms with Crippen molar-refractivity contribution in [3.63, 3.8) is 0 Å². The van der Waals surface area contributed by atoms with E-state index in [1.165, 1.54) is 34.4 Å². The van der Waals surface area contributed by atoms with Crippen LogP contribution in [0.2, 0.25) is 0 Å². The molecule has 0 saturated carbocycles. The van der Waals surface area contributed by atoms with Crippen LogP contribution in [0.1, 0.15) is 121 Å². The number of aromatic hydroxyl groups is 2. The number of aromatic nitrogens is 1. The van der Waals surface area contributed by atoms with Gasteiger partial charge in [0.2, 0.25) is 59.8 Å². The molecule has 12 atom stereocenters. The second-order valence-electron chi connectivity index (χ2n) is 23.3. The van der Waals surface area contributed by atoms with Gasteiger partial charge in [-0.1, -0.05) is 40.5 Å². The van der Waals surface area contributed by atoms with Gasteiger partial charge in [0.1, 0.15) is 36.3 Å². The number of unbranched alkanes of at least 4 members (excludes halogenated alkanes) is 1. The van der Waals surface area contributed by atoms with Crippen LogP contribution in [0.15, 0.2) is 40.2 Å². The fourth-order valence-electron chi connectivity index (χ4n) is 11.4. The number of methoxy groups -OCH3 is 3. The molecule has 32 heteroatoms. The normalized spacial score (nSPS) is 18.5. The third kappa shape index (κ3) is 18.7. The highest BCUT2D eigenvalue weighted by Crippen LogP contribution is 2.57. The third-order valence-electron chi connectivity index (χ3n) is 17.0. The van der Waals surface area contributed by atoms with Crippen molar-refractivity contribution in [2.75, 3.05) is 60.6 Å². The number of ether oxygens (including phenoxy) is 7. The monoisotopic (exact) mass is 1340 g/mol. The van der Waals surface area contributed by atoms with Gasteiger partial charge in [0, 0.05) is 55.8 Å². The minimum Gasteiger partial charge on any atom is -0.494 e. The van der Waals surface area contributed by atoms with Crippen LogP contribution < -0.4 is 84.3 Å². The molecule has 0 radical (unpaired) electrons. The Kier molecular flexibility index (Phi) is 27.5. The van der Waals surface area contributed by atoms with Crippen LogP contribution in [0, 0.1) is 23.7 Å². The molecule has 1 aliphatic carbocycles. The number of amides is 7. The Morgan fingerprint density at radius 2 is 1.28 bits per heavy atom. The average molecular weight is 1340 g/mol. The summed E-state index contributed by atoms with van der Waals surface area (Å²) in [4.78, 5) is 127. The van der Waals surface area contributed by atoms with Gasteiger partial charge in [0.05, 0.1) is 51.2 Å². The van der Waals surface area contributed by atoms with Gasteiger partial charge in [0.25, 0.3) is 0 Å². The summed E-state index contributed by atoms with van der Waals surface area (Å²) in [6.45, 7) is 7.02. The number of nitrogens with one attached hydrogen (secondary N) is 6. The van der Waals surface area contributed by atoms with Gasteiger partial charge in [-0.25, -0.2) is 0 Å². The molecule has 6 rings (SSSR count). The maximum Gasteiger partial charge on any atom is 0.310 e. The quantitative estimate of drug-likeness (QED) is 0.0122. The SMILES string of the molecule is CCC(C)[C@H](NC(=O)[C@H](CCCCN)NC(=O)[C@@H](NC(=O)[C@H](CCC(N)=O)NC(=O)[C@H](CCCN=C(N)N)NC(=O)[C@@H](N)CSc1cc(O)n(CCC(=O)O[C@H]2c3cc4c(cc3[C@@H](c3cc(OC)c(OC)c(OC)c3)[C@H]3C(=O)OC[C@@H]32)OCO4)c1O)C(C)CC)C(=O)NC. The predicted molar refractivity (Wildman–Crippen MR) is 342 cm³/mol. The molecule has 3 aliphatic rings. The highest BCUT2D eigenvalue weighted by Gasteiger charge is 2.54. The predicted octanol–water partition coefficient (Wildman–Crippen LogP) is 0.393. The molecule has 1 aromatic heterocycles. The second kappa shape index (κ2) is 34.8. The van der Waals surface area contributed by atoms with Crippen molar-refractivity contribution in [1.29, 1.82) is 0 Å². The Bertz CT molecular complexity index is 3210. The van der Waals surface area contributed by atoms with Gasteiger partial charge < -0.3 is 104 Å². The van der Waals surface area contributed by atoms with E-state index in [1.807, 2.05) is 6.92 Å². The first-order valence-corrected chi connectivity index (χ1v) is 32.2. The molecule has 1 fully saturated rings. The van der Waals surface area contributed by atoms with Gasteiger partial charge in [0.15, 0.2) is 34.8 Å². The highest BCUT2D eigenvalue weighted by molar-refractivity contribution is 7.99. The molecule has 0 spiro atoms. The van der Waals surface area contributed by atoms with E-state index in [0.29, 0.717) is 77.7 Å². The molecular formula is C62H91N13O18S. The van der Waals surface area contributed by atoms with Crippen LogP contribution >= 0.6 is 11.8 Å². The maximum absolute atomic E-state index is 14.3. The Hall–Kier alpha value is -8.91. The van der Waals surface area contributed by atoms with Gasteiger partial charge in [-0.2, -0.15) is 0 Å². The molecule has 3 aromatic rings.